The number of carbonyl (C=O) groups is 1. The largest absolute Gasteiger partial charge is 0.294 e. The third-order valence-corrected chi connectivity index (χ3v) is 1.74. The molecular weight excluding hydrogens is 205 g/mol. The summed E-state index contributed by atoms with van der Waals surface area (Å²) in [6.07, 6.45) is 0. The zero-order chi connectivity index (χ0) is 10.2. The summed E-state index contributed by atoms with van der Waals surface area (Å²) in [6.45, 7) is 0.928. The van der Waals surface area contributed by atoms with Crippen LogP contribution in [0.25, 0.3) is 0 Å². The smallest absolute Gasteiger partial charge is 0.172 e. The highest BCUT2D eigenvalue weighted by Gasteiger charge is 2.20. The number of halogens is 4. The van der Waals surface area contributed by atoms with E-state index in [0.29, 0.717) is 6.07 Å². The highest BCUT2D eigenvalue weighted by Crippen LogP contribution is 2.23. The summed E-state index contributed by atoms with van der Waals surface area (Å²) in [6, 6.07) is 0.485. The number of benzene rings is 1. The Balaban J connectivity index is 3.56. The van der Waals surface area contributed by atoms with Crippen LogP contribution < -0.4 is 0 Å². The van der Waals surface area contributed by atoms with E-state index in [4.69, 9.17) is 11.6 Å². The predicted molar refractivity (Wildman–Crippen MR) is 41.3 cm³/mol. The second kappa shape index (κ2) is 3.38. The van der Waals surface area contributed by atoms with Crippen molar-refractivity contribution in [3.8, 4) is 0 Å². The van der Waals surface area contributed by atoms with Gasteiger partial charge in [-0.3, -0.25) is 4.79 Å². The molecule has 0 aliphatic carbocycles. The molecule has 0 saturated heterocycles. The van der Waals surface area contributed by atoms with Gasteiger partial charge in [-0.2, -0.15) is 0 Å². The van der Waals surface area contributed by atoms with Crippen LogP contribution in [0.4, 0.5) is 13.2 Å². The molecular formula is C8H4ClF3O. The summed E-state index contributed by atoms with van der Waals surface area (Å²) in [7, 11) is 0. The van der Waals surface area contributed by atoms with E-state index in [1.165, 1.54) is 0 Å². The minimum absolute atomic E-state index is 0.485. The van der Waals surface area contributed by atoms with Crippen LogP contribution in [0.2, 0.25) is 5.02 Å². The molecule has 0 aliphatic rings. The van der Waals surface area contributed by atoms with Crippen LogP contribution in [0.15, 0.2) is 6.07 Å². The maximum atomic E-state index is 12.9. The third-order valence-electron chi connectivity index (χ3n) is 1.46. The molecule has 0 aromatic heterocycles. The maximum absolute atomic E-state index is 12.9. The lowest BCUT2D eigenvalue weighted by Gasteiger charge is -2.03. The highest BCUT2D eigenvalue weighted by molar-refractivity contribution is 6.31. The Morgan fingerprint density at radius 1 is 1.31 bits per heavy atom. The van der Waals surface area contributed by atoms with E-state index in [1.54, 1.807) is 0 Å². The molecule has 1 aromatic rings. The van der Waals surface area contributed by atoms with E-state index in [0.717, 1.165) is 6.92 Å². The van der Waals surface area contributed by atoms with Crippen molar-refractivity contribution in [2.45, 2.75) is 6.92 Å². The average Bonchev–Trinajstić information content (AvgIpc) is 2.01. The van der Waals surface area contributed by atoms with Gasteiger partial charge in [0.05, 0.1) is 10.6 Å². The van der Waals surface area contributed by atoms with E-state index < -0.39 is 33.8 Å². The Labute approximate surface area is 77.1 Å². The van der Waals surface area contributed by atoms with Crippen LogP contribution in [0.1, 0.15) is 17.3 Å². The van der Waals surface area contributed by atoms with Crippen molar-refractivity contribution in [3.63, 3.8) is 0 Å². The van der Waals surface area contributed by atoms with Gasteiger partial charge < -0.3 is 0 Å². The van der Waals surface area contributed by atoms with E-state index in [9.17, 15) is 18.0 Å². The molecule has 5 heteroatoms. The fourth-order valence-electron chi connectivity index (χ4n) is 0.882. The molecule has 0 amide bonds. The van der Waals surface area contributed by atoms with Crippen LogP contribution in [0, 0.1) is 17.5 Å². The van der Waals surface area contributed by atoms with Crippen LogP contribution in [0.3, 0.4) is 0 Å². The molecule has 0 atom stereocenters. The second-order valence-electron chi connectivity index (χ2n) is 2.40. The van der Waals surface area contributed by atoms with Gasteiger partial charge in [-0.15, -0.1) is 0 Å². The van der Waals surface area contributed by atoms with Gasteiger partial charge in [-0.1, -0.05) is 11.6 Å². The van der Waals surface area contributed by atoms with Crippen molar-refractivity contribution in [2.24, 2.45) is 0 Å². The summed E-state index contributed by atoms with van der Waals surface area (Å²) in [5, 5.41) is -0.607. The first kappa shape index (κ1) is 10.1. The van der Waals surface area contributed by atoms with Crippen molar-refractivity contribution in [1.29, 1.82) is 0 Å². The molecule has 0 heterocycles. The SMILES string of the molecule is CC(=O)c1c(F)c(F)cc(Cl)c1F. The normalized spacial score (nSPS) is 10.2. The topological polar surface area (TPSA) is 17.1 Å². The summed E-state index contributed by atoms with van der Waals surface area (Å²) in [5.74, 6) is -4.98. The fourth-order valence-corrected chi connectivity index (χ4v) is 1.07. The molecule has 0 aliphatic heterocycles. The third kappa shape index (κ3) is 1.67. The molecule has 70 valence electrons. The zero-order valence-electron chi connectivity index (χ0n) is 6.50. The van der Waals surface area contributed by atoms with Gasteiger partial charge in [-0.05, 0) is 13.0 Å². The van der Waals surface area contributed by atoms with E-state index in [-0.39, 0.29) is 0 Å². The van der Waals surface area contributed by atoms with Crippen LogP contribution >= 0.6 is 11.6 Å². The highest BCUT2D eigenvalue weighted by atomic mass is 35.5. The number of carbonyl (C=O) groups excluding carboxylic acids is 1. The van der Waals surface area contributed by atoms with Gasteiger partial charge in [0.2, 0.25) is 0 Å². The van der Waals surface area contributed by atoms with Crippen LogP contribution in [0.5, 0.6) is 0 Å². The van der Waals surface area contributed by atoms with Gasteiger partial charge in [-0.25, -0.2) is 13.2 Å². The predicted octanol–water partition coefficient (Wildman–Crippen LogP) is 2.96. The molecule has 13 heavy (non-hydrogen) atoms. The van der Waals surface area contributed by atoms with E-state index >= 15 is 0 Å². The Morgan fingerprint density at radius 2 is 1.85 bits per heavy atom. The lowest BCUT2D eigenvalue weighted by molar-refractivity contribution is 0.100. The van der Waals surface area contributed by atoms with Gasteiger partial charge in [0.15, 0.2) is 23.2 Å². The molecule has 1 aromatic carbocycles. The number of hydrogen-bond donors (Lipinski definition) is 0. The Hall–Kier alpha value is -1.03. The molecule has 0 saturated carbocycles. The number of Topliss-reactive ketones (excluding diaryl/α,β-unsaturated/α-hetero) is 1. The van der Waals surface area contributed by atoms with Gasteiger partial charge in [0, 0.05) is 0 Å². The minimum atomic E-state index is -1.51. The molecule has 1 nitrogen and oxygen atoms in total. The van der Waals surface area contributed by atoms with Crippen molar-refractivity contribution in [3.05, 3.63) is 34.1 Å². The number of ketones is 1. The number of rotatable bonds is 1. The lowest BCUT2D eigenvalue weighted by atomic mass is 10.1. The minimum Gasteiger partial charge on any atom is -0.294 e. The molecule has 0 fully saturated rings. The van der Waals surface area contributed by atoms with Crippen molar-refractivity contribution in [1.82, 2.24) is 0 Å². The lowest BCUT2D eigenvalue weighted by Crippen LogP contribution is -2.04. The molecule has 0 radical (unpaired) electrons. The van der Waals surface area contributed by atoms with Gasteiger partial charge >= 0.3 is 0 Å². The van der Waals surface area contributed by atoms with Crippen LogP contribution in [-0.2, 0) is 0 Å². The Kier molecular flexibility index (Phi) is 2.61. The first-order valence-corrected chi connectivity index (χ1v) is 3.67. The second-order valence-corrected chi connectivity index (χ2v) is 2.81. The number of hydrogen-bond acceptors (Lipinski definition) is 1. The maximum Gasteiger partial charge on any atom is 0.172 e. The van der Waals surface area contributed by atoms with Gasteiger partial charge in [0.1, 0.15) is 0 Å². The summed E-state index contributed by atoms with van der Waals surface area (Å²) in [5.41, 5.74) is -0.940. The quantitative estimate of drug-likeness (QED) is 0.512. The molecule has 0 bridgehead atoms. The zero-order valence-corrected chi connectivity index (χ0v) is 7.25. The molecule has 1 rings (SSSR count). The molecule has 0 unspecified atom stereocenters. The molecule has 0 N–H and O–H groups in total. The average molecular weight is 209 g/mol. The Bertz CT molecular complexity index is 350. The summed E-state index contributed by atoms with van der Waals surface area (Å²) < 4.78 is 38.3. The van der Waals surface area contributed by atoms with Crippen LogP contribution in [-0.4, -0.2) is 5.78 Å². The fraction of sp³-hybridized carbons (Fsp3) is 0.125. The van der Waals surface area contributed by atoms with Crippen molar-refractivity contribution < 1.29 is 18.0 Å². The van der Waals surface area contributed by atoms with E-state index in [1.807, 2.05) is 0 Å². The first-order chi connectivity index (χ1) is 5.95. The monoisotopic (exact) mass is 208 g/mol. The summed E-state index contributed by atoms with van der Waals surface area (Å²) >= 11 is 5.20. The standard InChI is InChI=1S/C8H4ClF3O/c1-3(13)6-7(11)4(9)2-5(10)8(6)12/h2H,1H3. The van der Waals surface area contributed by atoms with Gasteiger partial charge in [0.25, 0.3) is 0 Å². The molecule has 0 spiro atoms. The van der Waals surface area contributed by atoms with E-state index in [2.05, 4.69) is 0 Å². The van der Waals surface area contributed by atoms with Crippen molar-refractivity contribution >= 4 is 17.4 Å². The summed E-state index contributed by atoms with van der Waals surface area (Å²) in [4.78, 5) is 10.7. The Morgan fingerprint density at radius 3 is 2.31 bits per heavy atom. The first-order valence-electron chi connectivity index (χ1n) is 3.29. The van der Waals surface area contributed by atoms with Crippen molar-refractivity contribution in [2.75, 3.05) is 0 Å².